The van der Waals surface area contributed by atoms with Crippen LogP contribution >= 0.6 is 0 Å². The van der Waals surface area contributed by atoms with Gasteiger partial charge in [-0.25, -0.2) is 9.59 Å². The van der Waals surface area contributed by atoms with Crippen molar-refractivity contribution in [1.82, 2.24) is 24.9 Å². The molecule has 7 heteroatoms. The maximum Gasteiger partial charge on any atom is 0.320 e. The molecule has 0 bridgehead atoms. The smallest absolute Gasteiger partial charge is 0.320 e. The Morgan fingerprint density at radius 1 is 1.00 bits per heavy atom. The number of likely N-dealkylation sites (tertiary alicyclic amines) is 2. The van der Waals surface area contributed by atoms with Crippen molar-refractivity contribution in [3.63, 3.8) is 0 Å². The van der Waals surface area contributed by atoms with Gasteiger partial charge in [0.15, 0.2) is 0 Å². The summed E-state index contributed by atoms with van der Waals surface area (Å²) in [5, 5.41) is 3.24. The topological polar surface area (TPSA) is 58.9 Å². The second-order valence-electron chi connectivity index (χ2n) is 12.3. The summed E-state index contributed by atoms with van der Waals surface area (Å²) in [7, 11) is 7.38. The highest BCUT2D eigenvalue weighted by molar-refractivity contribution is 5.80. The number of piperidine rings is 2. The van der Waals surface area contributed by atoms with Gasteiger partial charge < -0.3 is 24.9 Å². The molecule has 4 fully saturated rings. The Labute approximate surface area is 211 Å². The van der Waals surface area contributed by atoms with Crippen molar-refractivity contribution in [3.05, 3.63) is 35.4 Å². The average Bonchev–Trinajstić information content (AvgIpc) is 3.11. The Morgan fingerprint density at radius 3 is 2.46 bits per heavy atom. The van der Waals surface area contributed by atoms with Crippen molar-refractivity contribution in [2.45, 2.75) is 80.4 Å². The molecule has 3 aliphatic carbocycles. The van der Waals surface area contributed by atoms with Gasteiger partial charge in [-0.1, -0.05) is 24.3 Å². The van der Waals surface area contributed by atoms with E-state index in [0.717, 1.165) is 25.9 Å². The predicted octanol–water partition coefficient (Wildman–Crippen LogP) is 4.05. The van der Waals surface area contributed by atoms with Crippen LogP contribution in [0.5, 0.6) is 0 Å². The Balaban J connectivity index is 0.00000267. The molecular formula is C28H43N5O2. The molecule has 0 aromatic heterocycles. The van der Waals surface area contributed by atoms with E-state index in [1.54, 1.807) is 23.9 Å². The number of fused-ring (bicyclic) bond motifs is 2. The number of rotatable bonds is 2. The molecule has 7 nitrogen and oxygen atoms in total. The molecule has 2 spiro atoms. The summed E-state index contributed by atoms with van der Waals surface area (Å²) in [6.45, 7) is 2.28. The van der Waals surface area contributed by atoms with Crippen molar-refractivity contribution in [2.24, 2.45) is 5.92 Å². The highest BCUT2D eigenvalue weighted by Crippen LogP contribution is 2.65. The van der Waals surface area contributed by atoms with Gasteiger partial charge in [-0.15, -0.1) is 0 Å². The molecule has 192 valence electrons. The normalized spacial score (nSPS) is 34.7. The Kier molecular flexibility index (Phi) is 5.37. The zero-order valence-corrected chi connectivity index (χ0v) is 21.8. The number of carbonyl (C=O) groups excluding carboxylic acids is 2. The van der Waals surface area contributed by atoms with Gasteiger partial charge in [0, 0.05) is 35.7 Å². The summed E-state index contributed by atoms with van der Waals surface area (Å²) in [6, 6.07) is 10.2. The quantitative estimate of drug-likeness (QED) is 0.649. The number of nitrogens with one attached hydrogen (secondary N) is 1. The molecule has 1 N–H and O–H groups in total. The lowest BCUT2D eigenvalue weighted by Gasteiger charge is -2.48. The first-order chi connectivity index (χ1) is 16.8. The number of amides is 4. The number of benzene rings is 1. The first-order valence-electron chi connectivity index (χ1n) is 13.6. The zero-order chi connectivity index (χ0) is 24.5. The molecule has 2 aliphatic heterocycles. The lowest BCUT2D eigenvalue weighted by atomic mass is 9.63. The van der Waals surface area contributed by atoms with Gasteiger partial charge in [-0.05, 0) is 86.9 Å². The molecule has 4 unspecified atom stereocenters. The summed E-state index contributed by atoms with van der Waals surface area (Å²) in [5.74, 6) is 0.689. The van der Waals surface area contributed by atoms with E-state index in [0.29, 0.717) is 18.0 Å². The molecule has 5 aliphatic rings. The summed E-state index contributed by atoms with van der Waals surface area (Å²) in [4.78, 5) is 33.5. The SMILES string of the molecule is CN(C)C(=O)N[C@@H]1CCC2(CCN(C3CC4CCC5N(C(=O)N(C)C)C45C3)CC2)c2ccccc21.[HH]. The van der Waals surface area contributed by atoms with Gasteiger partial charge in [0.25, 0.3) is 0 Å². The van der Waals surface area contributed by atoms with Gasteiger partial charge in [0.05, 0.1) is 17.6 Å². The second-order valence-corrected chi connectivity index (χ2v) is 12.3. The highest BCUT2D eigenvalue weighted by atomic mass is 16.2. The fourth-order valence-electron chi connectivity index (χ4n) is 8.44. The lowest BCUT2D eigenvalue weighted by Crippen LogP contribution is -2.49. The number of nitrogens with zero attached hydrogens (tertiary/aromatic N) is 4. The lowest BCUT2D eigenvalue weighted by molar-refractivity contribution is 0.0996. The third kappa shape index (κ3) is 3.40. The average molecular weight is 482 g/mol. The Bertz CT molecular complexity index is 1020. The van der Waals surface area contributed by atoms with Gasteiger partial charge >= 0.3 is 12.1 Å². The van der Waals surface area contributed by atoms with Gasteiger partial charge in [-0.2, -0.15) is 0 Å². The highest BCUT2D eigenvalue weighted by Gasteiger charge is 2.75. The summed E-state index contributed by atoms with van der Waals surface area (Å²) in [5.41, 5.74) is 3.17. The maximum atomic E-state index is 12.8. The van der Waals surface area contributed by atoms with Crippen LogP contribution in [0.4, 0.5) is 9.59 Å². The van der Waals surface area contributed by atoms with Crippen molar-refractivity contribution >= 4 is 12.1 Å². The van der Waals surface area contributed by atoms with E-state index < -0.39 is 0 Å². The van der Waals surface area contributed by atoms with E-state index in [1.807, 2.05) is 14.1 Å². The van der Waals surface area contributed by atoms with Crippen LogP contribution in [0, 0.1) is 5.92 Å². The maximum absolute atomic E-state index is 12.8. The molecule has 2 saturated carbocycles. The van der Waals surface area contributed by atoms with Crippen molar-refractivity contribution in [1.29, 1.82) is 0 Å². The monoisotopic (exact) mass is 481 g/mol. The third-order valence-electron chi connectivity index (χ3n) is 10.3. The number of urea groups is 2. The first kappa shape index (κ1) is 23.1. The molecule has 6 rings (SSSR count). The number of hydrogen-bond acceptors (Lipinski definition) is 3. The van der Waals surface area contributed by atoms with Crippen LogP contribution in [0.2, 0.25) is 0 Å². The molecule has 2 saturated heterocycles. The van der Waals surface area contributed by atoms with Crippen LogP contribution in [0.15, 0.2) is 24.3 Å². The van der Waals surface area contributed by atoms with E-state index >= 15 is 0 Å². The molecule has 2 heterocycles. The molecule has 5 atom stereocenters. The van der Waals surface area contributed by atoms with Gasteiger partial charge in [0.2, 0.25) is 0 Å². The minimum atomic E-state index is -0.0121. The second kappa shape index (κ2) is 8.12. The number of carbonyl (C=O) groups is 2. The van der Waals surface area contributed by atoms with Crippen LogP contribution in [0.25, 0.3) is 0 Å². The summed E-state index contributed by atoms with van der Waals surface area (Å²) >= 11 is 0. The standard InChI is InChI=1S/C28H41N5O2.H2/c1-30(2)25(34)29-23-11-12-27(22-8-6-5-7-21(22)23)13-15-32(16-14-27)20-17-19-9-10-24-28(19,18-20)33(24)26(35)31(3)4;/h5-8,19-20,23-24H,9-18H2,1-4H3,(H,29,34);1H/t19?,20?,23-,24?,28?,33?;/m1./s1. The third-order valence-corrected chi connectivity index (χ3v) is 10.3. The molecule has 1 aromatic rings. The van der Waals surface area contributed by atoms with Crippen LogP contribution in [0.1, 0.15) is 70.0 Å². The molecule has 1 aromatic carbocycles. The van der Waals surface area contributed by atoms with Crippen molar-refractivity contribution < 1.29 is 11.0 Å². The molecule has 4 amide bonds. The Hall–Kier alpha value is -2.28. The van der Waals surface area contributed by atoms with E-state index in [-0.39, 0.29) is 30.5 Å². The first-order valence-corrected chi connectivity index (χ1v) is 13.6. The van der Waals surface area contributed by atoms with Crippen LogP contribution in [0.3, 0.4) is 0 Å². The minimum absolute atomic E-state index is 0. The van der Waals surface area contributed by atoms with Crippen molar-refractivity contribution in [3.8, 4) is 0 Å². The fourth-order valence-corrected chi connectivity index (χ4v) is 8.44. The van der Waals surface area contributed by atoms with E-state index in [9.17, 15) is 9.59 Å². The summed E-state index contributed by atoms with van der Waals surface area (Å²) < 4.78 is 0. The minimum Gasteiger partial charge on any atom is -0.331 e. The molecule has 35 heavy (non-hydrogen) atoms. The van der Waals surface area contributed by atoms with E-state index in [1.165, 1.54) is 49.7 Å². The zero-order valence-electron chi connectivity index (χ0n) is 21.8. The van der Waals surface area contributed by atoms with Crippen LogP contribution in [-0.4, -0.2) is 90.6 Å². The van der Waals surface area contributed by atoms with E-state index in [4.69, 9.17) is 0 Å². The number of hydrogen-bond donors (Lipinski definition) is 1. The Morgan fingerprint density at radius 2 is 1.74 bits per heavy atom. The van der Waals surface area contributed by atoms with Gasteiger partial charge in [0.1, 0.15) is 0 Å². The largest absolute Gasteiger partial charge is 0.331 e. The molecular weight excluding hydrogens is 438 g/mol. The van der Waals surface area contributed by atoms with Crippen molar-refractivity contribution in [2.75, 3.05) is 41.3 Å². The van der Waals surface area contributed by atoms with Crippen LogP contribution < -0.4 is 5.32 Å². The van der Waals surface area contributed by atoms with Gasteiger partial charge in [-0.3, -0.25) is 0 Å². The fraction of sp³-hybridized carbons (Fsp3) is 0.714. The molecule has 0 radical (unpaired) electrons. The van der Waals surface area contributed by atoms with E-state index in [2.05, 4.69) is 39.4 Å². The summed E-state index contributed by atoms with van der Waals surface area (Å²) in [6.07, 6.45) is 9.45. The predicted molar refractivity (Wildman–Crippen MR) is 138 cm³/mol. The van der Waals surface area contributed by atoms with Crippen LogP contribution in [-0.2, 0) is 5.41 Å².